The maximum Gasteiger partial charge on any atom is -0.0150 e. The fourth-order valence-electron chi connectivity index (χ4n) is 2.73. The molecule has 0 aromatic carbocycles. The third-order valence-corrected chi connectivity index (χ3v) is 6.20. The van der Waals surface area contributed by atoms with Crippen LogP contribution in [0, 0.1) is 0 Å². The van der Waals surface area contributed by atoms with E-state index in [1.165, 1.54) is 91.8 Å². The zero-order chi connectivity index (χ0) is 14.4. The molecule has 0 amide bonds. The Balaban J connectivity index is 3.72. The van der Waals surface area contributed by atoms with Gasteiger partial charge in [0.05, 0.1) is 0 Å². The topological polar surface area (TPSA) is 0 Å². The quantitative estimate of drug-likeness (QED) is 0.234. The standard InChI is InChI=1S/C18H39P/c1-5-8-11-12-13-14-17-19-18(4,15-9-6-2)16-10-7-3/h19H,5-17H2,1-4H3. The molecule has 0 aromatic rings. The average molecular weight is 286 g/mol. The highest BCUT2D eigenvalue weighted by Gasteiger charge is 2.22. The molecule has 1 unspecified atom stereocenters. The average Bonchev–Trinajstić information content (AvgIpc) is 2.42. The molecular formula is C18H39P. The molecule has 19 heavy (non-hydrogen) atoms. The lowest BCUT2D eigenvalue weighted by Gasteiger charge is -2.30. The maximum absolute atomic E-state index is 2.56. The molecule has 0 radical (unpaired) electrons. The van der Waals surface area contributed by atoms with Gasteiger partial charge >= 0.3 is 0 Å². The van der Waals surface area contributed by atoms with Crippen LogP contribution in [0.2, 0.25) is 0 Å². The lowest BCUT2D eigenvalue weighted by molar-refractivity contribution is 0.491. The van der Waals surface area contributed by atoms with Crippen molar-refractivity contribution >= 4 is 8.58 Å². The summed E-state index contributed by atoms with van der Waals surface area (Å²) < 4.78 is 0. The molecular weight excluding hydrogens is 247 g/mol. The Labute approximate surface area is 125 Å². The first-order valence-electron chi connectivity index (χ1n) is 8.93. The fraction of sp³-hybridized carbons (Fsp3) is 1.00. The van der Waals surface area contributed by atoms with Crippen LogP contribution in [0.1, 0.15) is 105 Å². The molecule has 0 saturated heterocycles. The van der Waals surface area contributed by atoms with Gasteiger partial charge in [0.2, 0.25) is 0 Å². The number of hydrogen-bond acceptors (Lipinski definition) is 0. The minimum Gasteiger partial charge on any atom is -0.116 e. The van der Waals surface area contributed by atoms with Gasteiger partial charge in [0.1, 0.15) is 0 Å². The highest BCUT2D eigenvalue weighted by molar-refractivity contribution is 7.39. The van der Waals surface area contributed by atoms with Gasteiger partial charge < -0.3 is 0 Å². The second-order valence-corrected chi connectivity index (χ2v) is 8.52. The van der Waals surface area contributed by atoms with Gasteiger partial charge in [-0.25, -0.2) is 0 Å². The summed E-state index contributed by atoms with van der Waals surface area (Å²) in [4.78, 5) is 0. The van der Waals surface area contributed by atoms with Gasteiger partial charge in [-0.05, 0) is 30.6 Å². The smallest absolute Gasteiger partial charge is 0.0150 e. The summed E-state index contributed by atoms with van der Waals surface area (Å²) in [6.07, 6.45) is 18.7. The van der Waals surface area contributed by atoms with E-state index >= 15 is 0 Å². The normalized spacial score (nSPS) is 12.6. The Morgan fingerprint density at radius 2 is 1.11 bits per heavy atom. The molecule has 1 atom stereocenters. The molecule has 0 N–H and O–H groups in total. The summed E-state index contributed by atoms with van der Waals surface area (Å²) in [5.41, 5.74) is 0. The van der Waals surface area contributed by atoms with Crippen LogP contribution in [0.5, 0.6) is 0 Å². The summed E-state index contributed by atoms with van der Waals surface area (Å²) in [6.45, 7) is 9.52. The van der Waals surface area contributed by atoms with Gasteiger partial charge in [0.15, 0.2) is 0 Å². The Bertz CT molecular complexity index is 169. The van der Waals surface area contributed by atoms with Crippen molar-refractivity contribution < 1.29 is 0 Å². The van der Waals surface area contributed by atoms with Crippen molar-refractivity contribution in [1.82, 2.24) is 0 Å². The van der Waals surface area contributed by atoms with Crippen LogP contribution in [0.15, 0.2) is 0 Å². The molecule has 0 aliphatic rings. The van der Waals surface area contributed by atoms with E-state index in [-0.39, 0.29) is 0 Å². The minimum atomic E-state index is 0.676. The van der Waals surface area contributed by atoms with Crippen LogP contribution >= 0.6 is 8.58 Å². The van der Waals surface area contributed by atoms with Crippen LogP contribution < -0.4 is 0 Å². The third-order valence-electron chi connectivity index (χ3n) is 4.25. The van der Waals surface area contributed by atoms with Crippen LogP contribution in [-0.2, 0) is 0 Å². The summed E-state index contributed by atoms with van der Waals surface area (Å²) in [6, 6.07) is 0. The van der Waals surface area contributed by atoms with Gasteiger partial charge in [-0.3, -0.25) is 0 Å². The molecule has 116 valence electrons. The van der Waals surface area contributed by atoms with Gasteiger partial charge in [-0.2, -0.15) is 0 Å². The SMILES string of the molecule is CCCCCCCCPC(C)(CCCC)CCCC. The van der Waals surface area contributed by atoms with Gasteiger partial charge in [0.25, 0.3) is 0 Å². The lowest BCUT2D eigenvalue weighted by atomic mass is 9.97. The number of rotatable bonds is 14. The van der Waals surface area contributed by atoms with E-state index in [1.807, 2.05) is 0 Å². The Hall–Kier alpha value is 0.430. The van der Waals surface area contributed by atoms with E-state index in [0.717, 1.165) is 0 Å². The molecule has 0 bridgehead atoms. The van der Waals surface area contributed by atoms with Gasteiger partial charge in [-0.15, -0.1) is 8.58 Å². The first kappa shape index (κ1) is 19.4. The van der Waals surface area contributed by atoms with Crippen LogP contribution in [0.25, 0.3) is 0 Å². The van der Waals surface area contributed by atoms with E-state index in [9.17, 15) is 0 Å². The molecule has 0 aliphatic carbocycles. The van der Waals surface area contributed by atoms with Crippen LogP contribution in [-0.4, -0.2) is 11.3 Å². The van der Waals surface area contributed by atoms with Gasteiger partial charge in [0, 0.05) is 0 Å². The van der Waals surface area contributed by atoms with Crippen LogP contribution in [0.4, 0.5) is 0 Å². The van der Waals surface area contributed by atoms with Crippen molar-refractivity contribution in [1.29, 1.82) is 0 Å². The van der Waals surface area contributed by atoms with Crippen molar-refractivity contribution in [3.63, 3.8) is 0 Å². The molecule has 0 rings (SSSR count). The van der Waals surface area contributed by atoms with Crippen molar-refractivity contribution in [3.8, 4) is 0 Å². The molecule has 0 heterocycles. The Kier molecular flexibility index (Phi) is 13.7. The Morgan fingerprint density at radius 1 is 0.632 bits per heavy atom. The highest BCUT2D eigenvalue weighted by Crippen LogP contribution is 2.41. The highest BCUT2D eigenvalue weighted by atomic mass is 31.1. The zero-order valence-electron chi connectivity index (χ0n) is 14.2. The first-order valence-corrected chi connectivity index (χ1v) is 10.1. The molecule has 1 heteroatoms. The number of unbranched alkanes of at least 4 members (excludes halogenated alkanes) is 7. The maximum atomic E-state index is 2.56. The predicted molar refractivity (Wildman–Crippen MR) is 94.0 cm³/mol. The Morgan fingerprint density at radius 3 is 1.63 bits per heavy atom. The number of hydrogen-bond donors (Lipinski definition) is 0. The minimum absolute atomic E-state index is 0.676. The molecule has 0 nitrogen and oxygen atoms in total. The van der Waals surface area contributed by atoms with E-state index in [4.69, 9.17) is 0 Å². The molecule has 0 aromatic heterocycles. The zero-order valence-corrected chi connectivity index (χ0v) is 15.2. The lowest BCUT2D eigenvalue weighted by Crippen LogP contribution is -2.19. The largest absolute Gasteiger partial charge is 0.116 e. The van der Waals surface area contributed by atoms with E-state index in [2.05, 4.69) is 27.7 Å². The summed E-state index contributed by atoms with van der Waals surface area (Å²) >= 11 is 0. The first-order chi connectivity index (χ1) is 9.18. The molecule has 0 saturated carbocycles. The van der Waals surface area contributed by atoms with E-state index in [0.29, 0.717) is 5.16 Å². The predicted octanol–water partition coefficient (Wildman–Crippen LogP) is 7.16. The van der Waals surface area contributed by atoms with E-state index in [1.54, 1.807) is 0 Å². The van der Waals surface area contributed by atoms with E-state index < -0.39 is 0 Å². The molecule has 0 spiro atoms. The third kappa shape index (κ3) is 11.9. The van der Waals surface area contributed by atoms with Crippen molar-refractivity contribution in [2.45, 2.75) is 110 Å². The van der Waals surface area contributed by atoms with Crippen molar-refractivity contribution in [3.05, 3.63) is 0 Å². The second-order valence-electron chi connectivity index (χ2n) is 6.46. The summed E-state index contributed by atoms with van der Waals surface area (Å²) in [7, 11) is 1.21. The monoisotopic (exact) mass is 286 g/mol. The van der Waals surface area contributed by atoms with Crippen LogP contribution in [0.3, 0.4) is 0 Å². The summed E-state index contributed by atoms with van der Waals surface area (Å²) in [5, 5.41) is 0.676. The van der Waals surface area contributed by atoms with Gasteiger partial charge in [-0.1, -0.05) is 85.5 Å². The summed E-state index contributed by atoms with van der Waals surface area (Å²) in [5.74, 6) is 0. The fourth-order valence-corrected chi connectivity index (χ4v) is 4.47. The van der Waals surface area contributed by atoms with Crippen molar-refractivity contribution in [2.24, 2.45) is 0 Å². The molecule has 0 fully saturated rings. The molecule has 0 aliphatic heterocycles. The second kappa shape index (κ2) is 13.4. The van der Waals surface area contributed by atoms with Crippen molar-refractivity contribution in [2.75, 3.05) is 6.16 Å².